The van der Waals surface area contributed by atoms with Crippen LogP contribution in [0.3, 0.4) is 0 Å². The van der Waals surface area contributed by atoms with Crippen LogP contribution in [0.5, 0.6) is 0 Å². The highest BCUT2D eigenvalue weighted by atomic mass is 35.5. The average Bonchev–Trinajstić information content (AvgIpc) is 2.55. The molecule has 2 rings (SSSR count). The molecule has 22 heavy (non-hydrogen) atoms. The first-order valence-electron chi connectivity index (χ1n) is 7.80. The summed E-state index contributed by atoms with van der Waals surface area (Å²) in [5.74, 6) is 0.889. The van der Waals surface area contributed by atoms with Gasteiger partial charge >= 0.3 is 0 Å². The van der Waals surface area contributed by atoms with Crippen LogP contribution < -0.4 is 10.2 Å². The Bertz CT molecular complexity index is 469. The van der Waals surface area contributed by atoms with E-state index in [-0.39, 0.29) is 11.8 Å². The Balaban J connectivity index is 1.79. The minimum atomic E-state index is -0.00155. The van der Waals surface area contributed by atoms with Gasteiger partial charge in [-0.25, -0.2) is 0 Å². The number of nitrogens with one attached hydrogen (secondary N) is 1. The molecule has 0 bridgehead atoms. The lowest BCUT2D eigenvalue weighted by Crippen LogP contribution is -2.43. The Morgan fingerprint density at radius 3 is 3.09 bits per heavy atom. The van der Waals surface area contributed by atoms with E-state index in [1.54, 1.807) is 6.07 Å². The highest BCUT2D eigenvalue weighted by Gasteiger charge is 2.26. The standard InChI is InChI=1S/C15H23ClN4O2/c1-2-22-10-4-8-17-15(21)12-5-3-9-20(11-12)14-7-6-13(16)18-19-14/h6-7,12H,2-5,8-11H2,1H3,(H,17,21)/t12-/m1/s1. The lowest BCUT2D eigenvalue weighted by Gasteiger charge is -2.32. The number of nitrogens with zero attached hydrogens (tertiary/aromatic N) is 3. The third-order valence-electron chi connectivity index (χ3n) is 3.70. The number of hydrogen-bond acceptors (Lipinski definition) is 5. The molecule has 1 aromatic heterocycles. The van der Waals surface area contributed by atoms with Gasteiger partial charge < -0.3 is 15.0 Å². The maximum atomic E-state index is 12.2. The topological polar surface area (TPSA) is 67.3 Å². The van der Waals surface area contributed by atoms with Gasteiger partial charge in [0.05, 0.1) is 5.92 Å². The molecule has 1 aliphatic heterocycles. The number of rotatable bonds is 7. The quantitative estimate of drug-likeness (QED) is 0.775. The third kappa shape index (κ3) is 5.10. The molecule has 1 aromatic rings. The van der Waals surface area contributed by atoms with E-state index >= 15 is 0 Å². The number of anilines is 1. The second-order valence-corrected chi connectivity index (χ2v) is 5.73. The molecule has 0 radical (unpaired) electrons. The maximum absolute atomic E-state index is 12.2. The summed E-state index contributed by atoms with van der Waals surface area (Å²) in [7, 11) is 0. The van der Waals surface area contributed by atoms with E-state index in [2.05, 4.69) is 20.4 Å². The van der Waals surface area contributed by atoms with Gasteiger partial charge in [-0.15, -0.1) is 10.2 Å². The van der Waals surface area contributed by atoms with Crippen molar-refractivity contribution in [3.05, 3.63) is 17.3 Å². The fourth-order valence-corrected chi connectivity index (χ4v) is 2.65. The minimum Gasteiger partial charge on any atom is -0.382 e. The summed E-state index contributed by atoms with van der Waals surface area (Å²) in [6.07, 6.45) is 2.73. The number of amides is 1. The van der Waals surface area contributed by atoms with Crippen LogP contribution in [0.1, 0.15) is 26.2 Å². The number of ether oxygens (including phenoxy) is 1. The smallest absolute Gasteiger partial charge is 0.224 e. The van der Waals surface area contributed by atoms with Crippen molar-refractivity contribution >= 4 is 23.3 Å². The van der Waals surface area contributed by atoms with Crippen LogP contribution >= 0.6 is 11.6 Å². The molecular formula is C15H23ClN4O2. The summed E-state index contributed by atoms with van der Waals surface area (Å²) < 4.78 is 5.26. The number of piperidine rings is 1. The molecule has 1 N–H and O–H groups in total. The van der Waals surface area contributed by atoms with Crippen LogP contribution in [-0.2, 0) is 9.53 Å². The zero-order valence-electron chi connectivity index (χ0n) is 12.9. The van der Waals surface area contributed by atoms with E-state index in [0.29, 0.717) is 31.5 Å². The van der Waals surface area contributed by atoms with E-state index in [9.17, 15) is 4.79 Å². The fraction of sp³-hybridized carbons (Fsp3) is 0.667. The molecule has 0 unspecified atom stereocenters. The third-order valence-corrected chi connectivity index (χ3v) is 3.90. The van der Waals surface area contributed by atoms with Gasteiger partial charge in [-0.2, -0.15) is 0 Å². The van der Waals surface area contributed by atoms with E-state index in [1.807, 2.05) is 13.0 Å². The van der Waals surface area contributed by atoms with Crippen molar-refractivity contribution in [1.82, 2.24) is 15.5 Å². The molecule has 2 heterocycles. The van der Waals surface area contributed by atoms with Gasteiger partial charge in [0.15, 0.2) is 11.0 Å². The Hall–Kier alpha value is -1.40. The highest BCUT2D eigenvalue weighted by Crippen LogP contribution is 2.21. The zero-order chi connectivity index (χ0) is 15.8. The first-order valence-corrected chi connectivity index (χ1v) is 8.18. The van der Waals surface area contributed by atoms with Crippen LogP contribution in [0.25, 0.3) is 0 Å². The molecule has 0 saturated carbocycles. The van der Waals surface area contributed by atoms with Crippen molar-refractivity contribution in [1.29, 1.82) is 0 Å². The highest BCUT2D eigenvalue weighted by molar-refractivity contribution is 6.29. The van der Waals surface area contributed by atoms with Gasteiger partial charge in [-0.1, -0.05) is 11.6 Å². The van der Waals surface area contributed by atoms with Gasteiger partial charge in [0.25, 0.3) is 0 Å². The number of aromatic nitrogens is 2. The number of carbonyl (C=O) groups is 1. The molecule has 1 saturated heterocycles. The fourth-order valence-electron chi connectivity index (χ4n) is 2.55. The molecule has 1 atom stereocenters. The summed E-state index contributed by atoms with van der Waals surface area (Å²) in [5.41, 5.74) is 0. The van der Waals surface area contributed by atoms with Crippen molar-refractivity contribution in [3.8, 4) is 0 Å². The van der Waals surface area contributed by atoms with Crippen molar-refractivity contribution in [3.63, 3.8) is 0 Å². The molecular weight excluding hydrogens is 304 g/mol. The van der Waals surface area contributed by atoms with Crippen LogP contribution in [-0.4, -0.2) is 49.0 Å². The average molecular weight is 327 g/mol. The molecule has 7 heteroatoms. The second kappa shape index (κ2) is 8.90. The molecule has 122 valence electrons. The number of carbonyl (C=O) groups excluding carboxylic acids is 1. The molecule has 1 amide bonds. The summed E-state index contributed by atoms with van der Waals surface area (Å²) in [6.45, 7) is 5.60. The maximum Gasteiger partial charge on any atom is 0.224 e. The zero-order valence-corrected chi connectivity index (χ0v) is 13.7. The van der Waals surface area contributed by atoms with Crippen LogP contribution in [0, 0.1) is 5.92 Å². The van der Waals surface area contributed by atoms with E-state index in [1.165, 1.54) is 0 Å². The number of halogens is 1. The van der Waals surface area contributed by atoms with E-state index < -0.39 is 0 Å². The Labute approximate surface area is 136 Å². The predicted octanol–water partition coefficient (Wildman–Crippen LogP) is 1.89. The molecule has 0 aromatic carbocycles. The predicted molar refractivity (Wildman–Crippen MR) is 86.1 cm³/mol. The lowest BCUT2D eigenvalue weighted by molar-refractivity contribution is -0.125. The van der Waals surface area contributed by atoms with Crippen molar-refractivity contribution in [2.24, 2.45) is 5.92 Å². The monoisotopic (exact) mass is 326 g/mol. The first kappa shape index (κ1) is 17.0. The summed E-state index contributed by atoms with van der Waals surface area (Å²) in [4.78, 5) is 14.3. The van der Waals surface area contributed by atoms with Crippen molar-refractivity contribution < 1.29 is 9.53 Å². The van der Waals surface area contributed by atoms with Gasteiger partial charge in [-0.05, 0) is 38.3 Å². The normalized spacial score (nSPS) is 18.3. The Morgan fingerprint density at radius 2 is 2.36 bits per heavy atom. The molecule has 1 fully saturated rings. The van der Waals surface area contributed by atoms with Crippen LogP contribution in [0.15, 0.2) is 12.1 Å². The molecule has 0 aliphatic carbocycles. The summed E-state index contributed by atoms with van der Waals surface area (Å²) in [5, 5.41) is 11.3. The van der Waals surface area contributed by atoms with Crippen LogP contribution in [0.4, 0.5) is 5.82 Å². The largest absolute Gasteiger partial charge is 0.382 e. The Kier molecular flexibility index (Phi) is 6.86. The van der Waals surface area contributed by atoms with Gasteiger partial charge in [0, 0.05) is 32.8 Å². The summed E-state index contributed by atoms with van der Waals surface area (Å²) in [6, 6.07) is 3.57. The van der Waals surface area contributed by atoms with Crippen molar-refractivity contribution in [2.45, 2.75) is 26.2 Å². The van der Waals surface area contributed by atoms with E-state index in [4.69, 9.17) is 16.3 Å². The first-order chi connectivity index (χ1) is 10.7. The second-order valence-electron chi connectivity index (χ2n) is 5.34. The van der Waals surface area contributed by atoms with Gasteiger partial charge in [-0.3, -0.25) is 4.79 Å². The number of hydrogen-bond donors (Lipinski definition) is 1. The van der Waals surface area contributed by atoms with Crippen LogP contribution in [0.2, 0.25) is 5.15 Å². The molecule has 6 nitrogen and oxygen atoms in total. The van der Waals surface area contributed by atoms with Gasteiger partial charge in [0.2, 0.25) is 5.91 Å². The summed E-state index contributed by atoms with van der Waals surface area (Å²) >= 11 is 5.76. The Morgan fingerprint density at radius 1 is 1.50 bits per heavy atom. The SMILES string of the molecule is CCOCCCNC(=O)[C@@H]1CCCN(c2ccc(Cl)nn2)C1. The van der Waals surface area contributed by atoms with Gasteiger partial charge in [0.1, 0.15) is 0 Å². The van der Waals surface area contributed by atoms with Crippen molar-refractivity contribution in [2.75, 3.05) is 37.7 Å². The minimum absolute atomic E-state index is 0.00155. The molecule has 0 spiro atoms. The molecule has 1 aliphatic rings. The lowest BCUT2D eigenvalue weighted by atomic mass is 9.97. The van der Waals surface area contributed by atoms with E-state index in [0.717, 1.165) is 31.6 Å².